The highest BCUT2D eigenvalue weighted by Gasteiger charge is 2.35. The number of anilines is 1. The summed E-state index contributed by atoms with van der Waals surface area (Å²) in [6.45, 7) is 3.86. The van der Waals surface area contributed by atoms with Gasteiger partial charge in [-0.15, -0.1) is 0 Å². The van der Waals surface area contributed by atoms with Crippen molar-refractivity contribution in [2.24, 2.45) is 0 Å². The van der Waals surface area contributed by atoms with Crippen LogP contribution in [0.15, 0.2) is 12.3 Å². The van der Waals surface area contributed by atoms with Gasteiger partial charge in [0.2, 0.25) is 0 Å². The van der Waals surface area contributed by atoms with Gasteiger partial charge in [0, 0.05) is 11.7 Å². The molecular formula is C10H11F3N2. The Morgan fingerprint density at radius 2 is 2.07 bits per heavy atom. The van der Waals surface area contributed by atoms with Gasteiger partial charge in [0.05, 0.1) is 5.56 Å². The minimum Gasteiger partial charge on any atom is -0.365 e. The van der Waals surface area contributed by atoms with E-state index in [-0.39, 0.29) is 5.54 Å². The molecule has 2 heterocycles. The van der Waals surface area contributed by atoms with Gasteiger partial charge < -0.3 is 5.32 Å². The Morgan fingerprint density at radius 1 is 1.40 bits per heavy atom. The van der Waals surface area contributed by atoms with E-state index in [0.29, 0.717) is 17.8 Å². The van der Waals surface area contributed by atoms with E-state index < -0.39 is 11.7 Å². The van der Waals surface area contributed by atoms with Crippen LogP contribution in [0.5, 0.6) is 0 Å². The molecule has 0 aliphatic carbocycles. The quantitative estimate of drug-likeness (QED) is 0.721. The minimum atomic E-state index is -4.31. The molecule has 2 nitrogen and oxygen atoms in total. The second-order valence-corrected chi connectivity index (χ2v) is 4.42. The molecule has 0 saturated carbocycles. The fraction of sp³-hybridized carbons (Fsp3) is 0.500. The molecule has 0 aromatic carbocycles. The van der Waals surface area contributed by atoms with Crippen LogP contribution in [0.1, 0.15) is 25.0 Å². The van der Waals surface area contributed by atoms with Crippen molar-refractivity contribution in [3.8, 4) is 0 Å². The lowest BCUT2D eigenvalue weighted by Gasteiger charge is -2.17. The lowest BCUT2D eigenvalue weighted by molar-refractivity contribution is -0.137. The molecule has 2 rings (SSSR count). The SMILES string of the molecule is CC1(C)Cc2cc(C(F)(F)F)cnc2N1. The molecule has 0 unspecified atom stereocenters. The maximum absolute atomic E-state index is 12.4. The maximum Gasteiger partial charge on any atom is 0.417 e. The second-order valence-electron chi connectivity index (χ2n) is 4.42. The zero-order chi connectivity index (χ0) is 11.3. The molecule has 1 aliphatic heterocycles. The van der Waals surface area contributed by atoms with Gasteiger partial charge in [-0.25, -0.2) is 4.98 Å². The predicted octanol–water partition coefficient (Wildman–Crippen LogP) is 2.85. The van der Waals surface area contributed by atoms with E-state index in [2.05, 4.69) is 10.3 Å². The number of nitrogens with one attached hydrogen (secondary N) is 1. The summed E-state index contributed by atoms with van der Waals surface area (Å²) >= 11 is 0. The van der Waals surface area contributed by atoms with Gasteiger partial charge in [0.15, 0.2) is 0 Å². The normalized spacial score (nSPS) is 18.5. The monoisotopic (exact) mass is 216 g/mol. The fourth-order valence-corrected chi connectivity index (χ4v) is 1.75. The van der Waals surface area contributed by atoms with Gasteiger partial charge in [-0.1, -0.05) is 0 Å². The Morgan fingerprint density at radius 3 is 2.67 bits per heavy atom. The average molecular weight is 216 g/mol. The van der Waals surface area contributed by atoms with Crippen molar-refractivity contribution in [3.05, 3.63) is 23.4 Å². The van der Waals surface area contributed by atoms with Gasteiger partial charge in [0.1, 0.15) is 5.82 Å². The van der Waals surface area contributed by atoms with Gasteiger partial charge in [-0.3, -0.25) is 0 Å². The first-order chi connectivity index (χ1) is 6.78. The molecule has 0 fully saturated rings. The zero-order valence-corrected chi connectivity index (χ0v) is 8.44. The molecule has 1 aromatic rings. The molecule has 5 heteroatoms. The minimum absolute atomic E-state index is 0.209. The molecule has 82 valence electrons. The van der Waals surface area contributed by atoms with E-state index in [0.717, 1.165) is 6.20 Å². The van der Waals surface area contributed by atoms with E-state index in [9.17, 15) is 13.2 Å². The number of rotatable bonds is 0. The topological polar surface area (TPSA) is 24.9 Å². The number of alkyl halides is 3. The lowest BCUT2D eigenvalue weighted by Crippen LogP contribution is -2.27. The lowest BCUT2D eigenvalue weighted by atomic mass is 10.0. The number of hydrogen-bond donors (Lipinski definition) is 1. The summed E-state index contributed by atoms with van der Waals surface area (Å²) in [5.41, 5.74) is -0.255. The summed E-state index contributed by atoms with van der Waals surface area (Å²) in [6.07, 6.45) is -2.87. The van der Waals surface area contributed by atoms with Crippen molar-refractivity contribution in [3.63, 3.8) is 0 Å². The Balaban J connectivity index is 2.39. The van der Waals surface area contributed by atoms with E-state index in [1.807, 2.05) is 13.8 Å². The maximum atomic E-state index is 12.4. The van der Waals surface area contributed by atoms with Crippen LogP contribution in [0.2, 0.25) is 0 Å². The molecule has 0 bridgehead atoms. The van der Waals surface area contributed by atoms with Crippen molar-refractivity contribution in [2.75, 3.05) is 5.32 Å². The Labute approximate surface area is 85.5 Å². The van der Waals surface area contributed by atoms with Crippen LogP contribution in [-0.4, -0.2) is 10.5 Å². The second kappa shape index (κ2) is 2.87. The van der Waals surface area contributed by atoms with E-state index in [1.54, 1.807) is 0 Å². The van der Waals surface area contributed by atoms with Crippen molar-refractivity contribution in [2.45, 2.75) is 32.0 Å². The van der Waals surface area contributed by atoms with Gasteiger partial charge in [-0.05, 0) is 31.9 Å². The molecule has 1 aromatic heterocycles. The van der Waals surface area contributed by atoms with Crippen LogP contribution in [-0.2, 0) is 12.6 Å². The van der Waals surface area contributed by atoms with Crippen LogP contribution >= 0.6 is 0 Å². The van der Waals surface area contributed by atoms with Crippen LogP contribution in [0.4, 0.5) is 19.0 Å². The smallest absolute Gasteiger partial charge is 0.365 e. The fourth-order valence-electron chi connectivity index (χ4n) is 1.75. The van der Waals surface area contributed by atoms with Gasteiger partial charge in [-0.2, -0.15) is 13.2 Å². The van der Waals surface area contributed by atoms with E-state index in [4.69, 9.17) is 0 Å². The average Bonchev–Trinajstić information content (AvgIpc) is 2.34. The van der Waals surface area contributed by atoms with Crippen LogP contribution in [0.25, 0.3) is 0 Å². The van der Waals surface area contributed by atoms with Crippen molar-refractivity contribution in [1.29, 1.82) is 0 Å². The Hall–Kier alpha value is -1.26. The van der Waals surface area contributed by atoms with Crippen LogP contribution < -0.4 is 5.32 Å². The molecule has 15 heavy (non-hydrogen) atoms. The highest BCUT2D eigenvalue weighted by atomic mass is 19.4. The molecule has 0 spiro atoms. The highest BCUT2D eigenvalue weighted by molar-refractivity contribution is 5.53. The van der Waals surface area contributed by atoms with Crippen molar-refractivity contribution in [1.82, 2.24) is 4.98 Å². The van der Waals surface area contributed by atoms with Crippen LogP contribution in [0.3, 0.4) is 0 Å². The highest BCUT2D eigenvalue weighted by Crippen LogP contribution is 2.35. The molecule has 0 radical (unpaired) electrons. The van der Waals surface area contributed by atoms with E-state index in [1.165, 1.54) is 6.07 Å². The molecule has 1 N–H and O–H groups in total. The molecule has 1 aliphatic rings. The van der Waals surface area contributed by atoms with Gasteiger partial charge >= 0.3 is 6.18 Å². The number of hydrogen-bond acceptors (Lipinski definition) is 2. The first-order valence-corrected chi connectivity index (χ1v) is 4.62. The van der Waals surface area contributed by atoms with Crippen LogP contribution in [0, 0.1) is 0 Å². The zero-order valence-electron chi connectivity index (χ0n) is 8.44. The summed E-state index contributed by atoms with van der Waals surface area (Å²) in [4.78, 5) is 3.79. The summed E-state index contributed by atoms with van der Waals surface area (Å²) < 4.78 is 37.2. The number of halogens is 3. The standard InChI is InChI=1S/C10H11F3N2/c1-9(2)4-6-3-7(10(11,12)13)5-14-8(6)15-9/h3,5H,4H2,1-2H3,(H,14,15). The third kappa shape index (κ3) is 1.91. The molecular weight excluding hydrogens is 205 g/mol. The first kappa shape index (κ1) is 10.3. The summed E-state index contributed by atoms with van der Waals surface area (Å²) in [6, 6.07) is 1.17. The summed E-state index contributed by atoms with van der Waals surface area (Å²) in [5.74, 6) is 0.563. The Bertz CT molecular complexity index is 396. The summed E-state index contributed by atoms with van der Waals surface area (Å²) in [7, 11) is 0. The van der Waals surface area contributed by atoms with Crippen molar-refractivity contribution < 1.29 is 13.2 Å². The molecule has 0 amide bonds. The first-order valence-electron chi connectivity index (χ1n) is 4.62. The number of fused-ring (bicyclic) bond motifs is 1. The van der Waals surface area contributed by atoms with Gasteiger partial charge in [0.25, 0.3) is 0 Å². The molecule has 0 atom stereocenters. The third-order valence-corrected chi connectivity index (χ3v) is 2.38. The van der Waals surface area contributed by atoms with Crippen molar-refractivity contribution >= 4 is 5.82 Å². The largest absolute Gasteiger partial charge is 0.417 e. The number of aromatic nitrogens is 1. The number of pyridine rings is 1. The molecule has 0 saturated heterocycles. The Kier molecular flexibility index (Phi) is 1.96. The summed E-state index contributed by atoms with van der Waals surface area (Å²) in [5, 5.41) is 3.07. The predicted molar refractivity (Wildman–Crippen MR) is 50.6 cm³/mol. The third-order valence-electron chi connectivity index (χ3n) is 2.38. The van der Waals surface area contributed by atoms with E-state index >= 15 is 0 Å². The number of nitrogens with zero attached hydrogens (tertiary/aromatic N) is 1.